The van der Waals surface area contributed by atoms with Crippen LogP contribution in [0.3, 0.4) is 0 Å². The molecule has 0 N–H and O–H groups in total. The van der Waals surface area contributed by atoms with E-state index in [4.69, 9.17) is 11.6 Å². The Kier molecular flexibility index (Phi) is 3.12. The fraction of sp³-hybridized carbons (Fsp3) is 0.182. The number of hydrogen-bond donors (Lipinski definition) is 0. The van der Waals surface area contributed by atoms with Gasteiger partial charge in [-0.2, -0.15) is 0 Å². The van der Waals surface area contributed by atoms with Crippen LogP contribution in [0.5, 0.6) is 0 Å². The average Bonchev–Trinajstić information content (AvgIpc) is 2.59. The summed E-state index contributed by atoms with van der Waals surface area (Å²) in [7, 11) is 1.99. The van der Waals surface area contributed by atoms with Crippen LogP contribution in [-0.2, 0) is 13.5 Å². The van der Waals surface area contributed by atoms with E-state index >= 15 is 0 Å². The lowest BCUT2D eigenvalue weighted by Crippen LogP contribution is -1.98. The van der Waals surface area contributed by atoms with Crippen molar-refractivity contribution in [1.29, 1.82) is 0 Å². The van der Waals surface area contributed by atoms with E-state index < -0.39 is 0 Å². The zero-order chi connectivity index (χ0) is 10.8. The second-order valence-corrected chi connectivity index (χ2v) is 4.64. The maximum absolute atomic E-state index is 5.93. The van der Waals surface area contributed by atoms with Gasteiger partial charge in [-0.1, -0.05) is 17.7 Å². The van der Waals surface area contributed by atoms with E-state index in [-0.39, 0.29) is 0 Å². The van der Waals surface area contributed by atoms with E-state index in [1.54, 1.807) is 6.20 Å². The molecule has 0 spiro atoms. The molecule has 0 aliphatic rings. The standard InChI is InChI=1S/C11H10BrClN2/c1-15-5-4-14-11(15)7-8-2-3-10(13)9(12)6-8/h2-6H,7H2,1H3. The summed E-state index contributed by atoms with van der Waals surface area (Å²) in [6.07, 6.45) is 4.57. The summed E-state index contributed by atoms with van der Waals surface area (Å²) in [5.74, 6) is 1.05. The molecule has 0 saturated carbocycles. The van der Waals surface area contributed by atoms with Crippen molar-refractivity contribution < 1.29 is 0 Å². The Morgan fingerprint density at radius 1 is 1.47 bits per heavy atom. The lowest BCUT2D eigenvalue weighted by atomic mass is 10.1. The summed E-state index contributed by atoms with van der Waals surface area (Å²) in [6.45, 7) is 0. The molecule has 1 aromatic carbocycles. The molecule has 1 aromatic heterocycles. The van der Waals surface area contributed by atoms with Crippen molar-refractivity contribution in [3.8, 4) is 0 Å². The quantitative estimate of drug-likeness (QED) is 0.826. The number of hydrogen-bond acceptors (Lipinski definition) is 1. The Balaban J connectivity index is 2.25. The van der Waals surface area contributed by atoms with Crippen LogP contribution in [0.2, 0.25) is 5.02 Å². The third kappa shape index (κ3) is 2.41. The van der Waals surface area contributed by atoms with Crippen molar-refractivity contribution in [3.05, 3.63) is 51.5 Å². The minimum atomic E-state index is 0.735. The monoisotopic (exact) mass is 284 g/mol. The normalized spacial score (nSPS) is 10.6. The number of aromatic nitrogens is 2. The summed E-state index contributed by atoms with van der Waals surface area (Å²) >= 11 is 9.34. The van der Waals surface area contributed by atoms with Crippen LogP contribution < -0.4 is 0 Å². The van der Waals surface area contributed by atoms with E-state index in [1.807, 2.05) is 36.0 Å². The van der Waals surface area contributed by atoms with Gasteiger partial charge in [0.05, 0.1) is 5.02 Å². The maximum atomic E-state index is 5.93. The van der Waals surface area contributed by atoms with Crippen molar-refractivity contribution in [1.82, 2.24) is 9.55 Å². The van der Waals surface area contributed by atoms with Gasteiger partial charge in [0.1, 0.15) is 5.82 Å². The molecule has 0 saturated heterocycles. The molecule has 0 atom stereocenters. The van der Waals surface area contributed by atoms with E-state index in [1.165, 1.54) is 5.56 Å². The highest BCUT2D eigenvalue weighted by atomic mass is 79.9. The summed E-state index contributed by atoms with van der Waals surface area (Å²) in [4.78, 5) is 4.28. The van der Waals surface area contributed by atoms with Gasteiger partial charge in [-0.25, -0.2) is 4.98 Å². The number of nitrogens with zero attached hydrogens (tertiary/aromatic N) is 2. The lowest BCUT2D eigenvalue weighted by Gasteiger charge is -2.03. The minimum Gasteiger partial charge on any atom is -0.338 e. The van der Waals surface area contributed by atoms with Gasteiger partial charge in [0.2, 0.25) is 0 Å². The predicted octanol–water partition coefficient (Wildman–Crippen LogP) is 3.43. The Morgan fingerprint density at radius 3 is 2.87 bits per heavy atom. The molecular formula is C11H10BrClN2. The molecular weight excluding hydrogens is 275 g/mol. The molecule has 0 aliphatic carbocycles. The predicted molar refractivity (Wildman–Crippen MR) is 65.2 cm³/mol. The second kappa shape index (κ2) is 4.37. The number of benzene rings is 1. The molecule has 0 fully saturated rings. The molecule has 0 unspecified atom stereocenters. The Morgan fingerprint density at radius 2 is 2.27 bits per heavy atom. The first-order valence-electron chi connectivity index (χ1n) is 4.57. The van der Waals surface area contributed by atoms with Crippen molar-refractivity contribution >= 4 is 27.5 Å². The number of halogens is 2. The third-order valence-corrected chi connectivity index (χ3v) is 3.48. The topological polar surface area (TPSA) is 17.8 Å². The number of aryl methyl sites for hydroxylation is 1. The van der Waals surface area contributed by atoms with Gasteiger partial charge in [0.25, 0.3) is 0 Å². The summed E-state index contributed by atoms with van der Waals surface area (Å²) in [5, 5.41) is 0.735. The van der Waals surface area contributed by atoms with E-state index in [0.29, 0.717) is 0 Å². The van der Waals surface area contributed by atoms with E-state index in [9.17, 15) is 0 Å². The zero-order valence-corrected chi connectivity index (χ0v) is 10.6. The van der Waals surface area contributed by atoms with Crippen molar-refractivity contribution in [2.75, 3.05) is 0 Å². The summed E-state index contributed by atoms with van der Waals surface area (Å²) < 4.78 is 2.94. The van der Waals surface area contributed by atoms with Gasteiger partial charge in [-0.3, -0.25) is 0 Å². The van der Waals surface area contributed by atoms with Crippen molar-refractivity contribution in [2.45, 2.75) is 6.42 Å². The maximum Gasteiger partial charge on any atom is 0.112 e. The molecule has 0 amide bonds. The first kappa shape index (κ1) is 10.7. The molecule has 0 aliphatic heterocycles. The SMILES string of the molecule is Cn1ccnc1Cc1ccc(Cl)c(Br)c1. The van der Waals surface area contributed by atoms with Crippen LogP contribution >= 0.6 is 27.5 Å². The van der Waals surface area contributed by atoms with Crippen LogP contribution in [0, 0.1) is 0 Å². The molecule has 2 rings (SSSR count). The molecule has 78 valence electrons. The largest absolute Gasteiger partial charge is 0.338 e. The fourth-order valence-corrected chi connectivity index (χ4v) is 1.94. The van der Waals surface area contributed by atoms with Gasteiger partial charge in [-0.05, 0) is 33.6 Å². The summed E-state index contributed by atoms with van der Waals surface area (Å²) in [5.41, 5.74) is 1.19. The van der Waals surface area contributed by atoms with Crippen molar-refractivity contribution in [2.24, 2.45) is 7.05 Å². The molecule has 0 radical (unpaired) electrons. The lowest BCUT2D eigenvalue weighted by molar-refractivity contribution is 0.821. The van der Waals surface area contributed by atoms with E-state index in [2.05, 4.69) is 20.9 Å². The molecule has 0 bridgehead atoms. The van der Waals surface area contributed by atoms with Crippen LogP contribution in [0.15, 0.2) is 35.1 Å². The van der Waals surface area contributed by atoms with E-state index in [0.717, 1.165) is 21.7 Å². The second-order valence-electron chi connectivity index (χ2n) is 3.38. The third-order valence-electron chi connectivity index (χ3n) is 2.27. The fourth-order valence-electron chi connectivity index (χ4n) is 1.40. The molecule has 4 heteroatoms. The van der Waals surface area contributed by atoms with Crippen LogP contribution in [0.1, 0.15) is 11.4 Å². The highest BCUT2D eigenvalue weighted by molar-refractivity contribution is 9.10. The average molecular weight is 286 g/mol. The van der Waals surface area contributed by atoms with Gasteiger partial charge < -0.3 is 4.57 Å². The van der Waals surface area contributed by atoms with Gasteiger partial charge in [0, 0.05) is 30.3 Å². The number of imidazole rings is 1. The first-order valence-corrected chi connectivity index (χ1v) is 5.74. The van der Waals surface area contributed by atoms with Gasteiger partial charge in [0.15, 0.2) is 0 Å². The molecule has 2 aromatic rings. The minimum absolute atomic E-state index is 0.735. The summed E-state index contributed by atoms with van der Waals surface area (Å²) in [6, 6.07) is 5.93. The molecule has 2 nitrogen and oxygen atoms in total. The highest BCUT2D eigenvalue weighted by Gasteiger charge is 2.03. The van der Waals surface area contributed by atoms with Crippen LogP contribution in [-0.4, -0.2) is 9.55 Å². The zero-order valence-electron chi connectivity index (χ0n) is 8.24. The van der Waals surface area contributed by atoms with Crippen LogP contribution in [0.4, 0.5) is 0 Å². The smallest absolute Gasteiger partial charge is 0.112 e. The van der Waals surface area contributed by atoms with Crippen LogP contribution in [0.25, 0.3) is 0 Å². The van der Waals surface area contributed by atoms with Gasteiger partial charge >= 0.3 is 0 Å². The molecule has 15 heavy (non-hydrogen) atoms. The van der Waals surface area contributed by atoms with Crippen molar-refractivity contribution in [3.63, 3.8) is 0 Å². The first-order chi connectivity index (χ1) is 7.16. The Labute approximate surface area is 102 Å². The highest BCUT2D eigenvalue weighted by Crippen LogP contribution is 2.24. The Hall–Kier alpha value is -0.800. The Bertz CT molecular complexity index is 479. The number of rotatable bonds is 2. The molecule has 1 heterocycles. The van der Waals surface area contributed by atoms with Gasteiger partial charge in [-0.15, -0.1) is 0 Å².